The maximum absolute atomic E-state index is 9.91. The molecule has 0 aromatic carbocycles. The van der Waals surface area contributed by atoms with Gasteiger partial charge in [-0.1, -0.05) is 20.8 Å². The monoisotopic (exact) mass is 290 g/mol. The minimum atomic E-state index is -1.98. The molecule has 0 bridgehead atoms. The molecule has 0 aliphatic carbocycles. The van der Waals surface area contributed by atoms with Crippen molar-refractivity contribution < 1.29 is 23.7 Å². The Hall–Kier alpha value is 0.0169. The van der Waals surface area contributed by atoms with Gasteiger partial charge >= 0.3 is 0 Å². The van der Waals surface area contributed by atoms with Crippen molar-refractivity contribution in [2.75, 3.05) is 0 Å². The van der Waals surface area contributed by atoms with Crippen LogP contribution < -0.4 is 0 Å². The molecule has 2 saturated heterocycles. The van der Waals surface area contributed by atoms with E-state index < -0.39 is 32.8 Å². The van der Waals surface area contributed by atoms with Gasteiger partial charge in [-0.05, 0) is 32.0 Å². The largest absolute Gasteiger partial charge is 0.390 e. The highest BCUT2D eigenvalue weighted by atomic mass is 28.4. The van der Waals surface area contributed by atoms with Crippen LogP contribution in [0.15, 0.2) is 0 Å². The van der Waals surface area contributed by atoms with Gasteiger partial charge in [0.25, 0.3) is 0 Å². The highest BCUT2D eigenvalue weighted by Gasteiger charge is 2.57. The summed E-state index contributed by atoms with van der Waals surface area (Å²) >= 11 is 0. The van der Waals surface area contributed by atoms with Crippen LogP contribution in [0.4, 0.5) is 0 Å². The molecule has 4 atom stereocenters. The van der Waals surface area contributed by atoms with Gasteiger partial charge in [-0.25, -0.2) is 0 Å². The summed E-state index contributed by atoms with van der Waals surface area (Å²) in [6.45, 7) is 14.5. The molecule has 2 rings (SSSR count). The highest BCUT2D eigenvalue weighted by Crippen LogP contribution is 2.43. The first kappa shape index (κ1) is 15.4. The first-order chi connectivity index (χ1) is 8.43. The maximum atomic E-state index is 9.91. The quantitative estimate of drug-likeness (QED) is 0.790. The van der Waals surface area contributed by atoms with Gasteiger partial charge in [-0.2, -0.15) is 0 Å². The average molecular weight is 290 g/mol. The molecule has 1 N–H and O–H groups in total. The Balaban J connectivity index is 2.11. The third-order valence-corrected chi connectivity index (χ3v) is 8.64. The van der Waals surface area contributed by atoms with Gasteiger partial charge in [-0.15, -0.1) is 0 Å². The lowest BCUT2D eigenvalue weighted by Crippen LogP contribution is -2.47. The van der Waals surface area contributed by atoms with E-state index in [1.165, 1.54) is 0 Å². The van der Waals surface area contributed by atoms with Gasteiger partial charge in [-0.3, -0.25) is 0 Å². The Morgan fingerprint density at radius 3 is 2.16 bits per heavy atom. The average Bonchev–Trinajstić information content (AvgIpc) is 2.62. The zero-order chi connectivity index (χ0) is 14.6. The summed E-state index contributed by atoms with van der Waals surface area (Å²) in [5.74, 6) is -0.699. The molecule has 2 fully saturated rings. The Kier molecular flexibility index (Phi) is 3.66. The van der Waals surface area contributed by atoms with Crippen LogP contribution in [0.25, 0.3) is 0 Å². The van der Waals surface area contributed by atoms with Crippen molar-refractivity contribution in [2.45, 2.75) is 83.3 Å². The summed E-state index contributed by atoms with van der Waals surface area (Å²) in [4.78, 5) is 0. The molecule has 19 heavy (non-hydrogen) atoms. The molecular formula is C13H26O5Si. The van der Waals surface area contributed by atoms with E-state index in [4.69, 9.17) is 18.6 Å². The smallest absolute Gasteiger partial charge is 0.195 e. The summed E-state index contributed by atoms with van der Waals surface area (Å²) in [6.07, 6.45) is -2.37. The van der Waals surface area contributed by atoms with E-state index in [-0.39, 0.29) is 11.1 Å². The second-order valence-electron chi connectivity index (χ2n) is 7.34. The zero-order valence-corrected chi connectivity index (χ0v) is 13.9. The number of aliphatic hydroxyl groups excluding tert-OH is 1. The first-order valence-corrected chi connectivity index (χ1v) is 9.71. The molecule has 0 saturated carbocycles. The Bertz CT molecular complexity index is 349. The maximum Gasteiger partial charge on any atom is 0.195 e. The molecule has 0 amide bonds. The van der Waals surface area contributed by atoms with Crippen molar-refractivity contribution in [3.05, 3.63) is 0 Å². The third kappa shape index (κ3) is 2.89. The minimum absolute atomic E-state index is 0.0778. The first-order valence-electron chi connectivity index (χ1n) is 6.80. The summed E-state index contributed by atoms with van der Waals surface area (Å²) in [6, 6.07) is 0. The van der Waals surface area contributed by atoms with Crippen LogP contribution in [0.2, 0.25) is 18.1 Å². The molecule has 4 unspecified atom stereocenters. The molecule has 112 valence electrons. The standard InChI is InChI=1S/C13H26O5Si/c1-12(2,3)19(6,7)18-11-9-8(10(14)15-11)16-13(4,5)17-9/h8-11,14H,1-7H3. The Morgan fingerprint density at radius 1 is 1.11 bits per heavy atom. The van der Waals surface area contributed by atoms with Gasteiger partial charge in [0, 0.05) is 0 Å². The summed E-state index contributed by atoms with van der Waals surface area (Å²) in [5, 5.41) is 9.99. The fourth-order valence-electron chi connectivity index (χ4n) is 2.10. The topological polar surface area (TPSA) is 57.2 Å². The number of rotatable bonds is 2. The van der Waals surface area contributed by atoms with Crippen LogP contribution in [0.1, 0.15) is 34.6 Å². The molecule has 6 heteroatoms. The normalized spacial score (nSPS) is 38.5. The van der Waals surface area contributed by atoms with Crippen LogP contribution in [0.3, 0.4) is 0 Å². The molecule has 0 radical (unpaired) electrons. The van der Waals surface area contributed by atoms with Crippen LogP contribution in [0.5, 0.6) is 0 Å². The molecular weight excluding hydrogens is 264 g/mol. The highest BCUT2D eigenvalue weighted by molar-refractivity contribution is 6.74. The van der Waals surface area contributed by atoms with Crippen molar-refractivity contribution in [2.24, 2.45) is 0 Å². The third-order valence-electron chi connectivity index (χ3n) is 4.20. The number of ether oxygens (including phenoxy) is 3. The fraction of sp³-hybridized carbons (Fsp3) is 1.00. The van der Waals surface area contributed by atoms with E-state index in [9.17, 15) is 5.11 Å². The molecule has 2 aliphatic rings. The summed E-state index contributed by atoms with van der Waals surface area (Å²) < 4.78 is 23.1. The minimum Gasteiger partial charge on any atom is -0.390 e. The van der Waals surface area contributed by atoms with Crippen molar-refractivity contribution in [1.29, 1.82) is 0 Å². The van der Waals surface area contributed by atoms with E-state index in [2.05, 4.69) is 33.9 Å². The van der Waals surface area contributed by atoms with Gasteiger partial charge in [0.15, 0.2) is 26.7 Å². The van der Waals surface area contributed by atoms with Crippen molar-refractivity contribution in [1.82, 2.24) is 0 Å². The molecule has 0 aromatic heterocycles. The fourth-order valence-corrected chi connectivity index (χ4v) is 3.23. The van der Waals surface area contributed by atoms with Crippen molar-refractivity contribution in [3.8, 4) is 0 Å². The predicted octanol–water partition coefficient (Wildman–Crippen LogP) is 2.20. The van der Waals surface area contributed by atoms with Gasteiger partial charge in [0.05, 0.1) is 0 Å². The lowest BCUT2D eigenvalue weighted by molar-refractivity contribution is -0.249. The molecule has 2 aliphatic heterocycles. The number of aliphatic hydroxyl groups is 1. The molecule has 5 nitrogen and oxygen atoms in total. The van der Waals surface area contributed by atoms with Crippen LogP contribution in [0, 0.1) is 0 Å². The van der Waals surface area contributed by atoms with Gasteiger partial charge in [0.2, 0.25) is 0 Å². The van der Waals surface area contributed by atoms with E-state index in [1.807, 2.05) is 13.8 Å². The second-order valence-corrected chi connectivity index (χ2v) is 12.1. The van der Waals surface area contributed by atoms with Crippen LogP contribution >= 0.6 is 0 Å². The Labute approximate surface area is 116 Å². The van der Waals surface area contributed by atoms with Gasteiger partial charge < -0.3 is 23.7 Å². The van der Waals surface area contributed by atoms with E-state index >= 15 is 0 Å². The van der Waals surface area contributed by atoms with E-state index in [0.717, 1.165) is 0 Å². The SMILES string of the molecule is CC1(C)OC2C(O)OC(O[Si](C)(C)C(C)(C)C)C2O1. The Morgan fingerprint density at radius 2 is 1.63 bits per heavy atom. The van der Waals surface area contributed by atoms with Crippen molar-refractivity contribution in [3.63, 3.8) is 0 Å². The second kappa shape index (κ2) is 4.51. The number of hydrogen-bond donors (Lipinski definition) is 1. The lowest BCUT2D eigenvalue weighted by atomic mass is 10.2. The molecule has 2 heterocycles. The molecule has 0 spiro atoms. The number of fused-ring (bicyclic) bond motifs is 1. The van der Waals surface area contributed by atoms with Crippen LogP contribution in [-0.2, 0) is 18.6 Å². The van der Waals surface area contributed by atoms with E-state index in [0.29, 0.717) is 0 Å². The predicted molar refractivity (Wildman–Crippen MR) is 73.0 cm³/mol. The summed E-state index contributed by atoms with van der Waals surface area (Å²) in [5.41, 5.74) is 0. The molecule has 0 aromatic rings. The number of hydrogen-bond acceptors (Lipinski definition) is 5. The lowest BCUT2D eigenvalue weighted by Gasteiger charge is -2.39. The summed E-state index contributed by atoms with van der Waals surface area (Å²) in [7, 11) is -1.98. The van der Waals surface area contributed by atoms with E-state index in [1.54, 1.807) is 0 Å². The van der Waals surface area contributed by atoms with Gasteiger partial charge in [0.1, 0.15) is 12.2 Å². The van der Waals surface area contributed by atoms with Crippen molar-refractivity contribution >= 4 is 8.32 Å². The zero-order valence-electron chi connectivity index (χ0n) is 12.9. The van der Waals surface area contributed by atoms with Crippen LogP contribution in [-0.4, -0.2) is 44.0 Å².